The van der Waals surface area contributed by atoms with E-state index in [9.17, 15) is 4.79 Å². The zero-order chi connectivity index (χ0) is 25.8. The minimum absolute atomic E-state index is 0.102. The fourth-order valence-electron chi connectivity index (χ4n) is 5.15. The van der Waals surface area contributed by atoms with E-state index < -0.39 is 0 Å². The van der Waals surface area contributed by atoms with Crippen molar-refractivity contribution in [3.05, 3.63) is 67.1 Å². The van der Waals surface area contributed by atoms with E-state index in [4.69, 9.17) is 4.74 Å². The number of nitrogens with zero attached hydrogens (tertiary/aromatic N) is 6. The molecular weight excluding hydrogens is 464 g/mol. The second-order valence-corrected chi connectivity index (χ2v) is 9.14. The lowest BCUT2D eigenvalue weighted by atomic mass is 10.1. The van der Waals surface area contributed by atoms with Crippen LogP contribution in [0.5, 0.6) is 5.75 Å². The number of amides is 1. The number of carbonyl (C=O) groups is 1. The van der Waals surface area contributed by atoms with Crippen LogP contribution >= 0.6 is 0 Å². The van der Waals surface area contributed by atoms with Crippen LogP contribution in [-0.4, -0.2) is 71.7 Å². The van der Waals surface area contributed by atoms with Gasteiger partial charge in [-0.15, -0.1) is 0 Å². The Hall–Kier alpha value is -4.07. The molecule has 0 atom stereocenters. The first-order valence-corrected chi connectivity index (χ1v) is 12.9. The Kier molecular flexibility index (Phi) is 7.25. The van der Waals surface area contributed by atoms with Crippen molar-refractivity contribution in [1.82, 2.24) is 19.4 Å². The quantitative estimate of drug-likeness (QED) is 0.361. The third-order valence-electron chi connectivity index (χ3n) is 7.14. The topological polar surface area (TPSA) is 66.7 Å². The maximum absolute atomic E-state index is 13.6. The molecule has 0 spiro atoms. The highest BCUT2D eigenvalue weighted by Crippen LogP contribution is 2.34. The van der Waals surface area contributed by atoms with Gasteiger partial charge >= 0.3 is 0 Å². The number of hydrogen-bond acceptors (Lipinski definition) is 6. The molecule has 0 N–H and O–H groups in total. The normalized spacial score (nSPS) is 13.7. The van der Waals surface area contributed by atoms with Crippen LogP contribution in [0.15, 0.2) is 67.1 Å². The molecule has 4 aromatic rings. The average Bonchev–Trinajstić information content (AvgIpc) is 3.33. The van der Waals surface area contributed by atoms with Gasteiger partial charge in [-0.1, -0.05) is 42.5 Å². The maximum Gasteiger partial charge on any atom is 0.242 e. The number of hydrogen-bond donors (Lipinski definition) is 0. The fourth-order valence-corrected chi connectivity index (χ4v) is 5.15. The van der Waals surface area contributed by atoms with Crippen LogP contribution in [0.3, 0.4) is 0 Å². The van der Waals surface area contributed by atoms with Gasteiger partial charge in [0.1, 0.15) is 29.7 Å². The van der Waals surface area contributed by atoms with Gasteiger partial charge in [0, 0.05) is 51.0 Å². The van der Waals surface area contributed by atoms with Crippen LogP contribution in [0.1, 0.15) is 13.8 Å². The number of para-hydroxylation sites is 2. The Bertz CT molecular complexity index is 1360. The molecular formula is C29H34N6O2. The van der Waals surface area contributed by atoms with Gasteiger partial charge in [-0.2, -0.15) is 0 Å². The van der Waals surface area contributed by atoms with Crippen LogP contribution < -0.4 is 14.5 Å². The highest BCUT2D eigenvalue weighted by molar-refractivity contribution is 5.99. The highest BCUT2D eigenvalue weighted by atomic mass is 16.5. The molecule has 1 aliphatic rings. The predicted molar refractivity (Wildman–Crippen MR) is 148 cm³/mol. The van der Waals surface area contributed by atoms with Crippen LogP contribution in [-0.2, 0) is 11.3 Å². The zero-order valence-electron chi connectivity index (χ0n) is 21.8. The number of benzene rings is 2. The number of rotatable bonds is 8. The van der Waals surface area contributed by atoms with Crippen molar-refractivity contribution in [2.75, 3.05) is 56.2 Å². The molecule has 3 heterocycles. The molecule has 8 heteroatoms. The molecule has 0 saturated carbocycles. The third kappa shape index (κ3) is 4.83. The Morgan fingerprint density at radius 2 is 1.65 bits per heavy atom. The summed E-state index contributed by atoms with van der Waals surface area (Å²) in [5.41, 5.74) is 4.94. The van der Waals surface area contributed by atoms with Crippen molar-refractivity contribution in [2.45, 2.75) is 20.4 Å². The molecule has 1 aliphatic heterocycles. The summed E-state index contributed by atoms with van der Waals surface area (Å²) in [6.45, 7) is 9.01. The average molecular weight is 499 g/mol. The van der Waals surface area contributed by atoms with Crippen molar-refractivity contribution in [2.24, 2.45) is 0 Å². The molecule has 0 unspecified atom stereocenters. The van der Waals surface area contributed by atoms with E-state index in [2.05, 4.69) is 58.0 Å². The standard InChI is InChI=1S/C29H34N6O2/c1-4-32(5-2)29-28-27(30-21-31-29)23(22-11-7-6-8-12-22)19-35(28)20-26(36)34-17-15-33(16-18-34)24-13-9-10-14-25(24)37-3/h6-14,19,21H,4-5,15-18,20H2,1-3H3. The lowest BCUT2D eigenvalue weighted by Crippen LogP contribution is -2.49. The fraction of sp³-hybridized carbons (Fsp3) is 0.345. The van der Waals surface area contributed by atoms with Crippen molar-refractivity contribution in [3.8, 4) is 16.9 Å². The molecule has 2 aromatic heterocycles. The molecule has 1 amide bonds. The SMILES string of the molecule is CCN(CC)c1ncnc2c(-c3ccccc3)cn(CC(=O)N3CCN(c4ccccc4OC)CC3)c12. The van der Waals surface area contributed by atoms with E-state index in [1.165, 1.54) is 0 Å². The van der Waals surface area contributed by atoms with E-state index in [1.54, 1.807) is 13.4 Å². The minimum atomic E-state index is 0.102. The molecule has 0 bridgehead atoms. The summed E-state index contributed by atoms with van der Waals surface area (Å²) in [5.74, 6) is 1.83. The Labute approximate surface area is 218 Å². The largest absolute Gasteiger partial charge is 0.495 e. The van der Waals surface area contributed by atoms with Crippen LogP contribution in [0.25, 0.3) is 22.2 Å². The third-order valence-corrected chi connectivity index (χ3v) is 7.14. The van der Waals surface area contributed by atoms with Crippen molar-refractivity contribution in [1.29, 1.82) is 0 Å². The molecule has 37 heavy (non-hydrogen) atoms. The summed E-state index contributed by atoms with van der Waals surface area (Å²) in [5, 5.41) is 0. The van der Waals surface area contributed by atoms with Gasteiger partial charge in [-0.25, -0.2) is 9.97 Å². The van der Waals surface area contributed by atoms with Gasteiger partial charge < -0.3 is 24.0 Å². The lowest BCUT2D eigenvalue weighted by molar-refractivity contribution is -0.132. The molecule has 1 saturated heterocycles. The summed E-state index contributed by atoms with van der Waals surface area (Å²) in [6.07, 6.45) is 3.69. The molecule has 0 radical (unpaired) electrons. The van der Waals surface area contributed by atoms with Crippen molar-refractivity contribution in [3.63, 3.8) is 0 Å². The number of carbonyl (C=O) groups excluding carboxylic acids is 1. The van der Waals surface area contributed by atoms with Crippen molar-refractivity contribution < 1.29 is 9.53 Å². The van der Waals surface area contributed by atoms with E-state index in [0.717, 1.165) is 65.6 Å². The number of aromatic nitrogens is 3. The summed E-state index contributed by atoms with van der Waals surface area (Å²) < 4.78 is 7.58. The van der Waals surface area contributed by atoms with Gasteiger partial charge in [0.25, 0.3) is 0 Å². The summed E-state index contributed by atoms with van der Waals surface area (Å²) in [7, 11) is 1.69. The first-order valence-electron chi connectivity index (χ1n) is 12.9. The van der Waals surface area contributed by atoms with Crippen LogP contribution in [0, 0.1) is 0 Å². The van der Waals surface area contributed by atoms with E-state index in [1.807, 2.05) is 45.9 Å². The molecule has 192 valence electrons. The Balaban J connectivity index is 1.42. The number of anilines is 2. The van der Waals surface area contributed by atoms with Crippen LogP contribution in [0.2, 0.25) is 0 Å². The first kappa shape index (κ1) is 24.6. The Morgan fingerprint density at radius 1 is 0.946 bits per heavy atom. The maximum atomic E-state index is 13.6. The van der Waals surface area contributed by atoms with Gasteiger partial charge in [0.05, 0.1) is 12.8 Å². The van der Waals surface area contributed by atoms with Crippen LogP contribution in [0.4, 0.5) is 11.5 Å². The molecule has 8 nitrogen and oxygen atoms in total. The second-order valence-electron chi connectivity index (χ2n) is 9.14. The van der Waals surface area contributed by atoms with E-state index in [0.29, 0.717) is 13.1 Å². The smallest absolute Gasteiger partial charge is 0.242 e. The number of methoxy groups -OCH3 is 1. The van der Waals surface area contributed by atoms with Gasteiger partial charge in [0.15, 0.2) is 5.82 Å². The number of fused-ring (bicyclic) bond motifs is 1. The molecule has 0 aliphatic carbocycles. The first-order chi connectivity index (χ1) is 18.1. The second kappa shape index (κ2) is 10.9. The lowest BCUT2D eigenvalue weighted by Gasteiger charge is -2.36. The molecule has 2 aromatic carbocycles. The monoisotopic (exact) mass is 498 g/mol. The van der Waals surface area contributed by atoms with E-state index >= 15 is 0 Å². The number of ether oxygens (including phenoxy) is 1. The van der Waals surface area contributed by atoms with Gasteiger partial charge in [0.2, 0.25) is 5.91 Å². The number of piperazine rings is 1. The zero-order valence-corrected chi connectivity index (χ0v) is 21.8. The molecule has 1 fully saturated rings. The van der Waals surface area contributed by atoms with Gasteiger partial charge in [-0.3, -0.25) is 4.79 Å². The minimum Gasteiger partial charge on any atom is -0.495 e. The summed E-state index contributed by atoms with van der Waals surface area (Å²) in [4.78, 5) is 29.3. The summed E-state index contributed by atoms with van der Waals surface area (Å²) >= 11 is 0. The molecule has 5 rings (SSSR count). The van der Waals surface area contributed by atoms with Crippen molar-refractivity contribution >= 4 is 28.4 Å². The highest BCUT2D eigenvalue weighted by Gasteiger charge is 2.25. The Morgan fingerprint density at radius 3 is 2.35 bits per heavy atom. The van der Waals surface area contributed by atoms with E-state index in [-0.39, 0.29) is 12.5 Å². The summed E-state index contributed by atoms with van der Waals surface area (Å²) in [6, 6.07) is 18.3. The van der Waals surface area contributed by atoms with Gasteiger partial charge in [-0.05, 0) is 31.5 Å². The predicted octanol–water partition coefficient (Wildman–Crippen LogP) is 4.30.